The van der Waals surface area contributed by atoms with Crippen molar-refractivity contribution >= 4 is 24.6 Å². The van der Waals surface area contributed by atoms with E-state index < -0.39 is 23.6 Å². The van der Waals surface area contributed by atoms with Crippen molar-refractivity contribution in [2.75, 3.05) is 0 Å². The van der Waals surface area contributed by atoms with Gasteiger partial charge in [-0.05, 0) is 0 Å². The summed E-state index contributed by atoms with van der Waals surface area (Å²) in [6, 6.07) is 0. The second kappa shape index (κ2) is 17.6. The highest BCUT2D eigenvalue weighted by molar-refractivity contribution is 7.81. The first-order chi connectivity index (χ1) is 8.87. The van der Waals surface area contributed by atoms with Gasteiger partial charge in [0, 0.05) is 17.6 Å². The average molecular weight is 284 g/mol. The van der Waals surface area contributed by atoms with Gasteiger partial charge in [-0.15, -0.1) is 31.7 Å². The Morgan fingerprint density at radius 2 is 1.32 bits per heavy atom. The number of carbonyl (C=O) groups excluding carboxylic acids is 2. The zero-order valence-electron chi connectivity index (χ0n) is 9.31. The fraction of sp³-hybridized carbons (Fsp3) is 0.250. The summed E-state index contributed by atoms with van der Waals surface area (Å²) in [6.07, 6.45) is 5.51. The van der Waals surface area contributed by atoms with Crippen LogP contribution in [0.5, 0.6) is 0 Å². The molecule has 11 heteroatoms. The molecule has 0 rings (SSSR count). The molecule has 0 fully saturated rings. The lowest BCUT2D eigenvalue weighted by molar-refractivity contribution is -0.475. The number of quaternary nitrogens is 2. The number of aliphatic carboxylic acids is 2. The van der Waals surface area contributed by atoms with E-state index in [-0.39, 0.29) is 0 Å². The van der Waals surface area contributed by atoms with Crippen molar-refractivity contribution in [2.45, 2.75) is 11.7 Å². The first kappa shape index (κ1) is 21.5. The minimum absolute atomic E-state index is 0.620. The standard InChI is InChI=1S/C4H6O4S.2C2HN3/c5-3(6)1-2(9)4(7)8;2*3-1-5-2-4/h2,9H,1H2,(H,5,6)(H,7,8);2*5H. The Bertz CT molecular complexity index is 390. The lowest BCUT2D eigenvalue weighted by Gasteiger charge is -2.10. The molecule has 100 valence electrons. The Morgan fingerprint density at radius 1 is 1.00 bits per heavy atom. The molecule has 0 aromatic heterocycles. The van der Waals surface area contributed by atoms with Gasteiger partial charge in [-0.3, -0.25) is 0 Å². The largest absolute Gasteiger partial charge is 0.550 e. The SMILES string of the molecule is N#C[NH2+]C#N.N#C[NH2+]C#N.O=C([O-])CC(S)C(=O)[O-]. The number of nitriles is 4. The molecule has 0 aliphatic heterocycles. The predicted molar refractivity (Wildman–Crippen MR) is 53.7 cm³/mol. The molecule has 0 bridgehead atoms. The third kappa shape index (κ3) is 31.3. The van der Waals surface area contributed by atoms with E-state index in [1.54, 1.807) is 0 Å². The van der Waals surface area contributed by atoms with Crippen molar-refractivity contribution < 1.29 is 30.4 Å². The van der Waals surface area contributed by atoms with E-state index in [2.05, 4.69) is 12.6 Å². The smallest absolute Gasteiger partial charge is 0.321 e. The van der Waals surface area contributed by atoms with Crippen molar-refractivity contribution in [1.29, 1.82) is 21.0 Å². The topological polar surface area (TPSA) is 209 Å². The molecule has 19 heavy (non-hydrogen) atoms. The summed E-state index contributed by atoms with van der Waals surface area (Å²) in [5, 5.41) is 50.0. The summed E-state index contributed by atoms with van der Waals surface area (Å²) in [5.41, 5.74) is 0. The molecule has 0 spiro atoms. The van der Waals surface area contributed by atoms with Crippen molar-refractivity contribution in [3.63, 3.8) is 0 Å². The minimum Gasteiger partial charge on any atom is -0.550 e. The fourth-order valence-corrected chi connectivity index (χ4v) is 0.448. The van der Waals surface area contributed by atoms with E-state index in [1.165, 1.54) is 24.8 Å². The molecule has 0 heterocycles. The summed E-state index contributed by atoms with van der Waals surface area (Å²) in [5.74, 6) is -2.94. The monoisotopic (exact) mass is 284 g/mol. The van der Waals surface area contributed by atoms with Crippen molar-refractivity contribution in [3.8, 4) is 24.8 Å². The van der Waals surface area contributed by atoms with E-state index >= 15 is 0 Å². The van der Waals surface area contributed by atoms with E-state index in [0.29, 0.717) is 0 Å². The number of rotatable bonds is 3. The molecule has 10 nitrogen and oxygen atoms in total. The molecule has 0 aliphatic carbocycles. The predicted octanol–water partition coefficient (Wildman–Crippen LogP) is -5.80. The van der Waals surface area contributed by atoms with Crippen LogP contribution in [-0.2, 0) is 9.59 Å². The third-order valence-corrected chi connectivity index (χ3v) is 1.28. The zero-order valence-corrected chi connectivity index (χ0v) is 10.2. The number of thiol groups is 1. The minimum atomic E-state index is -1.50. The van der Waals surface area contributed by atoms with Crippen molar-refractivity contribution in [3.05, 3.63) is 0 Å². The maximum Gasteiger partial charge on any atom is 0.321 e. The van der Waals surface area contributed by atoms with Gasteiger partial charge in [0.1, 0.15) is 0 Å². The highest BCUT2D eigenvalue weighted by Crippen LogP contribution is 1.96. The highest BCUT2D eigenvalue weighted by Gasteiger charge is 2.02. The molecule has 0 saturated heterocycles. The van der Waals surface area contributed by atoms with Gasteiger partial charge in [0.05, 0.1) is 5.97 Å². The van der Waals surface area contributed by atoms with Crippen LogP contribution < -0.4 is 20.8 Å². The third-order valence-electron chi connectivity index (χ3n) is 0.890. The molecule has 0 amide bonds. The first-order valence-electron chi connectivity index (χ1n) is 4.17. The first-order valence-corrected chi connectivity index (χ1v) is 4.69. The van der Waals surface area contributed by atoms with Crippen LogP contribution in [0.3, 0.4) is 0 Å². The second-order valence-corrected chi connectivity index (χ2v) is 2.84. The van der Waals surface area contributed by atoms with Gasteiger partial charge in [-0.1, -0.05) is 0 Å². The van der Waals surface area contributed by atoms with Gasteiger partial charge < -0.3 is 19.8 Å². The maximum absolute atomic E-state index is 9.76. The number of carboxylic acids is 2. The van der Waals surface area contributed by atoms with E-state index in [1.807, 2.05) is 0 Å². The number of carbonyl (C=O) groups is 2. The van der Waals surface area contributed by atoms with Crippen LogP contribution in [-0.4, -0.2) is 17.2 Å². The summed E-state index contributed by atoms with van der Waals surface area (Å²) in [7, 11) is 0. The molecule has 0 saturated carbocycles. The van der Waals surface area contributed by atoms with Crippen molar-refractivity contribution in [2.24, 2.45) is 0 Å². The second-order valence-electron chi connectivity index (χ2n) is 2.22. The fourth-order valence-electron chi connectivity index (χ4n) is 0.299. The Hall–Kier alpha value is -2.83. The van der Waals surface area contributed by atoms with Gasteiger partial charge in [-0.2, -0.15) is 12.6 Å². The van der Waals surface area contributed by atoms with Crippen LogP contribution in [0, 0.1) is 45.8 Å². The molecule has 0 aromatic rings. The van der Waals surface area contributed by atoms with E-state index in [4.69, 9.17) is 21.0 Å². The van der Waals surface area contributed by atoms with Gasteiger partial charge >= 0.3 is 24.8 Å². The maximum atomic E-state index is 9.76. The summed E-state index contributed by atoms with van der Waals surface area (Å²) in [4.78, 5) is 19.4. The molecule has 4 N–H and O–H groups in total. The Morgan fingerprint density at radius 3 is 1.37 bits per heavy atom. The van der Waals surface area contributed by atoms with E-state index in [9.17, 15) is 19.8 Å². The summed E-state index contributed by atoms with van der Waals surface area (Å²) < 4.78 is 0. The number of nitrogens with two attached hydrogens (primary N) is 2. The Kier molecular flexibility index (Phi) is 19.8. The van der Waals surface area contributed by atoms with Gasteiger partial charge in [-0.25, -0.2) is 0 Å². The quantitative estimate of drug-likeness (QED) is 0.334. The van der Waals surface area contributed by atoms with Crippen molar-refractivity contribution in [1.82, 2.24) is 0 Å². The normalized spacial score (nSPS) is 8.26. The zero-order chi connectivity index (χ0) is 15.7. The van der Waals surface area contributed by atoms with Crippen LogP contribution >= 0.6 is 12.6 Å². The Labute approximate surface area is 113 Å². The number of carboxylic acid groups (broad SMARTS) is 2. The van der Waals surface area contributed by atoms with Gasteiger partial charge in [0.15, 0.2) is 0 Å². The molecular formula is C8H8N6O4S. The van der Waals surface area contributed by atoms with Crippen LogP contribution in [0.4, 0.5) is 0 Å². The van der Waals surface area contributed by atoms with Crippen LogP contribution in [0.2, 0.25) is 0 Å². The molecule has 0 aliphatic rings. The van der Waals surface area contributed by atoms with Gasteiger partial charge in [0.2, 0.25) is 0 Å². The number of nitrogens with zero attached hydrogens (tertiary/aromatic N) is 4. The lowest BCUT2D eigenvalue weighted by atomic mass is 10.3. The highest BCUT2D eigenvalue weighted by atomic mass is 32.1. The molecule has 0 radical (unpaired) electrons. The van der Waals surface area contributed by atoms with Crippen LogP contribution in [0.15, 0.2) is 0 Å². The summed E-state index contributed by atoms with van der Waals surface area (Å²) >= 11 is 3.38. The summed E-state index contributed by atoms with van der Waals surface area (Å²) in [6.45, 7) is 0. The number of hydrogen-bond acceptors (Lipinski definition) is 9. The number of hydrogen-bond donors (Lipinski definition) is 3. The molecule has 0 aromatic carbocycles. The molecule has 1 unspecified atom stereocenters. The van der Waals surface area contributed by atoms with Gasteiger partial charge in [0.25, 0.3) is 0 Å². The Balaban J connectivity index is -0.000000219. The molecule has 1 atom stereocenters. The molecular weight excluding hydrogens is 276 g/mol. The average Bonchev–Trinajstić information content (AvgIpc) is 2.31. The van der Waals surface area contributed by atoms with E-state index in [0.717, 1.165) is 10.6 Å². The van der Waals surface area contributed by atoms with Crippen LogP contribution in [0.1, 0.15) is 6.42 Å². The lowest BCUT2D eigenvalue weighted by Crippen LogP contribution is -2.72. The van der Waals surface area contributed by atoms with Crippen LogP contribution in [0.25, 0.3) is 0 Å².